The van der Waals surface area contributed by atoms with E-state index in [9.17, 15) is 17.6 Å². The number of hydrogen-bond donors (Lipinski definition) is 0. The summed E-state index contributed by atoms with van der Waals surface area (Å²) in [6.07, 6.45) is 0. The second-order valence-corrected chi connectivity index (χ2v) is 8.47. The van der Waals surface area contributed by atoms with Crippen LogP contribution in [0.15, 0.2) is 51.8 Å². The molecule has 11 heteroatoms. The van der Waals surface area contributed by atoms with Crippen LogP contribution in [0.2, 0.25) is 0 Å². The molecule has 0 atom stereocenters. The van der Waals surface area contributed by atoms with E-state index in [-0.39, 0.29) is 29.8 Å². The molecule has 0 fully saturated rings. The van der Waals surface area contributed by atoms with Crippen molar-refractivity contribution < 1.29 is 31.5 Å². The highest BCUT2D eigenvalue weighted by Crippen LogP contribution is 2.22. The zero-order valence-electron chi connectivity index (χ0n) is 17.7. The lowest BCUT2D eigenvalue weighted by Crippen LogP contribution is -2.30. The quantitative estimate of drug-likeness (QED) is 0.445. The molecule has 0 amide bonds. The van der Waals surface area contributed by atoms with Gasteiger partial charge in [0.05, 0.1) is 17.6 Å². The number of halogens is 1. The van der Waals surface area contributed by atoms with Gasteiger partial charge in [-0.25, -0.2) is 17.6 Å². The Balaban J connectivity index is 1.73. The van der Waals surface area contributed by atoms with E-state index >= 15 is 0 Å². The lowest BCUT2D eigenvalue weighted by atomic mass is 10.2. The van der Waals surface area contributed by atoms with Crippen LogP contribution in [-0.2, 0) is 21.4 Å². The predicted octanol–water partition coefficient (Wildman–Crippen LogP) is 3.27. The Labute approximate surface area is 184 Å². The Hall–Kier alpha value is -3.31. The standard InChI is InChI=1S/C21H22FN3O6S/c1-4-25(5-2)32(27,28)16-10-11-18(22)17(12-16)21(26)30-13-19-23-24-20(31-19)14-6-8-15(29-3)9-7-14/h6-12H,4-5,13H2,1-3H3. The Morgan fingerprint density at radius 1 is 1.09 bits per heavy atom. The lowest BCUT2D eigenvalue weighted by Gasteiger charge is -2.18. The summed E-state index contributed by atoms with van der Waals surface area (Å²) in [5, 5.41) is 7.69. The summed E-state index contributed by atoms with van der Waals surface area (Å²) in [4.78, 5) is 12.2. The van der Waals surface area contributed by atoms with Gasteiger partial charge in [-0.15, -0.1) is 10.2 Å². The molecule has 0 N–H and O–H groups in total. The summed E-state index contributed by atoms with van der Waals surface area (Å²) in [7, 11) is -2.32. The van der Waals surface area contributed by atoms with E-state index in [1.807, 2.05) is 0 Å². The van der Waals surface area contributed by atoms with Crippen molar-refractivity contribution in [3.8, 4) is 17.2 Å². The van der Waals surface area contributed by atoms with Crippen molar-refractivity contribution in [1.82, 2.24) is 14.5 Å². The highest BCUT2D eigenvalue weighted by molar-refractivity contribution is 7.89. The third kappa shape index (κ3) is 4.94. The van der Waals surface area contributed by atoms with Crippen LogP contribution in [0.1, 0.15) is 30.1 Å². The van der Waals surface area contributed by atoms with E-state index in [0.29, 0.717) is 11.3 Å². The second-order valence-electron chi connectivity index (χ2n) is 6.54. The van der Waals surface area contributed by atoms with Crippen LogP contribution in [0, 0.1) is 5.82 Å². The summed E-state index contributed by atoms with van der Waals surface area (Å²) in [6.45, 7) is 3.44. The highest BCUT2D eigenvalue weighted by atomic mass is 32.2. The normalized spacial score (nSPS) is 11.5. The average molecular weight is 463 g/mol. The zero-order chi connectivity index (χ0) is 23.3. The number of sulfonamides is 1. The number of rotatable bonds is 9. The molecular formula is C21H22FN3O6S. The fourth-order valence-corrected chi connectivity index (χ4v) is 4.39. The van der Waals surface area contributed by atoms with Crippen LogP contribution in [0.4, 0.5) is 4.39 Å². The van der Waals surface area contributed by atoms with Crippen LogP contribution < -0.4 is 4.74 Å². The van der Waals surface area contributed by atoms with Gasteiger partial charge in [-0.05, 0) is 42.5 Å². The number of methoxy groups -OCH3 is 1. The molecule has 0 aliphatic rings. The molecular weight excluding hydrogens is 441 g/mol. The first-order chi connectivity index (χ1) is 15.3. The van der Waals surface area contributed by atoms with Gasteiger partial charge in [0.1, 0.15) is 11.6 Å². The number of hydrogen-bond acceptors (Lipinski definition) is 8. The SMILES string of the molecule is CCN(CC)S(=O)(=O)c1ccc(F)c(C(=O)OCc2nnc(-c3ccc(OC)cc3)o2)c1. The van der Waals surface area contributed by atoms with Crippen LogP contribution in [0.5, 0.6) is 5.75 Å². The molecule has 0 saturated carbocycles. The molecule has 0 saturated heterocycles. The molecule has 0 radical (unpaired) electrons. The molecule has 32 heavy (non-hydrogen) atoms. The molecule has 0 bridgehead atoms. The van der Waals surface area contributed by atoms with Crippen molar-refractivity contribution in [3.05, 3.63) is 59.7 Å². The van der Waals surface area contributed by atoms with Gasteiger partial charge in [-0.3, -0.25) is 0 Å². The fourth-order valence-electron chi connectivity index (χ4n) is 2.90. The first-order valence-electron chi connectivity index (χ1n) is 9.73. The number of carbonyl (C=O) groups is 1. The van der Waals surface area contributed by atoms with E-state index < -0.39 is 34.0 Å². The number of esters is 1. The van der Waals surface area contributed by atoms with Crippen molar-refractivity contribution in [2.24, 2.45) is 0 Å². The van der Waals surface area contributed by atoms with Gasteiger partial charge in [0.15, 0.2) is 6.61 Å². The lowest BCUT2D eigenvalue weighted by molar-refractivity contribution is 0.0433. The fraction of sp³-hybridized carbons (Fsp3) is 0.286. The average Bonchev–Trinajstić information content (AvgIpc) is 3.27. The van der Waals surface area contributed by atoms with E-state index in [1.54, 1.807) is 45.2 Å². The third-order valence-electron chi connectivity index (χ3n) is 4.63. The molecule has 3 rings (SSSR count). The van der Waals surface area contributed by atoms with Crippen molar-refractivity contribution >= 4 is 16.0 Å². The van der Waals surface area contributed by atoms with E-state index in [1.165, 1.54) is 4.31 Å². The number of aromatic nitrogens is 2. The molecule has 9 nitrogen and oxygen atoms in total. The molecule has 2 aromatic carbocycles. The first kappa shape index (κ1) is 23.4. The van der Waals surface area contributed by atoms with Gasteiger partial charge in [-0.1, -0.05) is 13.8 Å². The first-order valence-corrected chi connectivity index (χ1v) is 11.2. The van der Waals surface area contributed by atoms with Crippen LogP contribution in [0.25, 0.3) is 11.5 Å². The molecule has 1 aromatic heterocycles. The Morgan fingerprint density at radius 2 is 1.78 bits per heavy atom. The number of benzene rings is 2. The van der Waals surface area contributed by atoms with Gasteiger partial charge < -0.3 is 13.9 Å². The van der Waals surface area contributed by atoms with Gasteiger partial charge in [-0.2, -0.15) is 4.31 Å². The van der Waals surface area contributed by atoms with Crippen LogP contribution in [-0.4, -0.2) is 49.1 Å². The van der Waals surface area contributed by atoms with Crippen molar-refractivity contribution in [2.45, 2.75) is 25.3 Å². The van der Waals surface area contributed by atoms with Crippen LogP contribution >= 0.6 is 0 Å². The monoisotopic (exact) mass is 463 g/mol. The largest absolute Gasteiger partial charge is 0.497 e. The smallest absolute Gasteiger partial charge is 0.341 e. The summed E-state index contributed by atoms with van der Waals surface area (Å²) < 4.78 is 56.3. The molecule has 1 heterocycles. The molecule has 170 valence electrons. The highest BCUT2D eigenvalue weighted by Gasteiger charge is 2.25. The minimum Gasteiger partial charge on any atom is -0.497 e. The Bertz CT molecular complexity index is 1190. The summed E-state index contributed by atoms with van der Waals surface area (Å²) in [6, 6.07) is 9.88. The van der Waals surface area contributed by atoms with Crippen molar-refractivity contribution in [3.63, 3.8) is 0 Å². The van der Waals surface area contributed by atoms with Gasteiger partial charge >= 0.3 is 5.97 Å². The van der Waals surface area contributed by atoms with Crippen molar-refractivity contribution in [2.75, 3.05) is 20.2 Å². The maximum Gasteiger partial charge on any atom is 0.341 e. The van der Waals surface area contributed by atoms with Gasteiger partial charge in [0.2, 0.25) is 15.9 Å². The van der Waals surface area contributed by atoms with E-state index in [4.69, 9.17) is 13.9 Å². The van der Waals surface area contributed by atoms with Crippen LogP contribution in [0.3, 0.4) is 0 Å². The number of ether oxygens (including phenoxy) is 2. The maximum absolute atomic E-state index is 14.2. The topological polar surface area (TPSA) is 112 Å². The predicted molar refractivity (Wildman–Crippen MR) is 112 cm³/mol. The molecule has 0 aliphatic carbocycles. The minimum atomic E-state index is -3.86. The summed E-state index contributed by atoms with van der Waals surface area (Å²) >= 11 is 0. The van der Waals surface area contributed by atoms with E-state index in [2.05, 4.69) is 10.2 Å². The summed E-state index contributed by atoms with van der Waals surface area (Å²) in [5.74, 6) is -1.09. The number of carbonyl (C=O) groups excluding carboxylic acids is 1. The Kier molecular flexibility index (Phi) is 7.21. The van der Waals surface area contributed by atoms with Crippen molar-refractivity contribution in [1.29, 1.82) is 0 Å². The molecule has 0 aliphatic heterocycles. The molecule has 3 aromatic rings. The van der Waals surface area contributed by atoms with E-state index in [0.717, 1.165) is 18.2 Å². The zero-order valence-corrected chi connectivity index (χ0v) is 18.6. The Morgan fingerprint density at radius 3 is 2.41 bits per heavy atom. The third-order valence-corrected chi connectivity index (χ3v) is 6.68. The second kappa shape index (κ2) is 9.88. The molecule has 0 spiro atoms. The van der Waals surface area contributed by atoms with Gasteiger partial charge in [0.25, 0.3) is 5.89 Å². The number of nitrogens with zero attached hydrogens (tertiary/aromatic N) is 3. The molecule has 0 unspecified atom stereocenters. The van der Waals surface area contributed by atoms with Gasteiger partial charge in [0, 0.05) is 18.7 Å². The summed E-state index contributed by atoms with van der Waals surface area (Å²) in [5.41, 5.74) is 0.129. The minimum absolute atomic E-state index is 0.00325. The maximum atomic E-state index is 14.2.